The zero-order valence-electron chi connectivity index (χ0n) is 29.7. The second-order valence-corrected chi connectivity index (χ2v) is 13.7. The first-order valence-corrected chi connectivity index (χ1v) is 15.6. The van der Waals surface area contributed by atoms with Crippen LogP contribution in [-0.2, 0) is 39.8 Å². The van der Waals surface area contributed by atoms with Gasteiger partial charge in [0.2, 0.25) is 0 Å². The molecule has 0 bridgehead atoms. The molecule has 48 heavy (non-hydrogen) atoms. The molecule has 3 amide bonds. The van der Waals surface area contributed by atoms with E-state index in [1.54, 1.807) is 62.3 Å². The van der Waals surface area contributed by atoms with Crippen LogP contribution >= 0.6 is 0 Å². The summed E-state index contributed by atoms with van der Waals surface area (Å²) in [6, 6.07) is 3.16. The molecule has 0 heterocycles. The van der Waals surface area contributed by atoms with Crippen LogP contribution < -0.4 is 25.4 Å². The zero-order chi connectivity index (χ0) is 36.7. The van der Waals surface area contributed by atoms with E-state index in [0.29, 0.717) is 5.56 Å². The molecule has 0 fully saturated rings. The van der Waals surface area contributed by atoms with E-state index >= 15 is 0 Å². The Kier molecular flexibility index (Phi) is 16.1. The molecule has 1 unspecified atom stereocenters. The molecule has 3 N–H and O–H groups in total. The topological polar surface area (TPSA) is 194 Å². The van der Waals surface area contributed by atoms with Crippen molar-refractivity contribution in [1.29, 1.82) is 0 Å². The minimum Gasteiger partial charge on any atom is -0.467 e. The molecule has 270 valence electrons. The Morgan fingerprint density at radius 3 is 1.52 bits per heavy atom. The third-order valence-corrected chi connectivity index (χ3v) is 5.52. The maximum absolute atomic E-state index is 12.8. The maximum atomic E-state index is 12.8. The molecule has 0 aliphatic heterocycles. The van der Waals surface area contributed by atoms with Crippen molar-refractivity contribution in [1.82, 2.24) is 16.0 Å². The number of carbonyl (C=O) groups excluding carboxylic acids is 6. The highest BCUT2D eigenvalue weighted by Gasteiger charge is 2.26. The van der Waals surface area contributed by atoms with Gasteiger partial charge in [-0.2, -0.15) is 0 Å². The lowest BCUT2D eigenvalue weighted by molar-refractivity contribution is -0.143. The van der Waals surface area contributed by atoms with Gasteiger partial charge < -0.3 is 44.4 Å². The molecular formula is C33H51N3O12. The first-order valence-electron chi connectivity index (χ1n) is 15.6. The number of ether oxygens (including phenoxy) is 6. The van der Waals surface area contributed by atoms with Gasteiger partial charge in [-0.1, -0.05) is 6.07 Å². The maximum Gasteiger partial charge on any atom is 0.408 e. The lowest BCUT2D eigenvalue weighted by atomic mass is 10.1. The molecule has 1 aromatic carbocycles. The second-order valence-electron chi connectivity index (χ2n) is 13.7. The van der Waals surface area contributed by atoms with E-state index in [2.05, 4.69) is 16.0 Å². The number of amides is 3. The lowest BCUT2D eigenvalue weighted by Gasteiger charge is -2.23. The van der Waals surface area contributed by atoms with Gasteiger partial charge in [0.1, 0.15) is 22.8 Å². The van der Waals surface area contributed by atoms with Crippen molar-refractivity contribution in [2.75, 3.05) is 20.2 Å². The van der Waals surface area contributed by atoms with Gasteiger partial charge in [0.15, 0.2) is 11.5 Å². The number of esters is 3. The lowest BCUT2D eigenvalue weighted by Crippen LogP contribution is -2.45. The Morgan fingerprint density at radius 1 is 0.646 bits per heavy atom. The number of methoxy groups -OCH3 is 1. The predicted octanol–water partition coefficient (Wildman–Crippen LogP) is 4.72. The SMILES string of the molecule is COC(=O)C(Cc1ccc(OC(=O)CCCNC(=O)OC(C)(C)C)c(OC(=O)CCCNC(=O)OC(C)(C)C)c1)NC(=O)OC(C)(C)C. The van der Waals surface area contributed by atoms with Gasteiger partial charge in [-0.05, 0) is 92.9 Å². The number of benzene rings is 1. The molecule has 0 aliphatic rings. The Morgan fingerprint density at radius 2 is 1.08 bits per heavy atom. The normalized spacial score (nSPS) is 12.1. The molecule has 1 aromatic rings. The molecule has 15 heteroatoms. The van der Waals surface area contributed by atoms with Crippen molar-refractivity contribution in [3.05, 3.63) is 23.8 Å². The Labute approximate surface area is 282 Å². The van der Waals surface area contributed by atoms with Gasteiger partial charge in [-0.3, -0.25) is 9.59 Å². The van der Waals surface area contributed by atoms with Gasteiger partial charge in [0.05, 0.1) is 7.11 Å². The monoisotopic (exact) mass is 681 g/mol. The Bertz CT molecular complexity index is 1280. The van der Waals surface area contributed by atoms with Gasteiger partial charge in [0.25, 0.3) is 0 Å². The summed E-state index contributed by atoms with van der Waals surface area (Å²) in [5, 5.41) is 7.58. The van der Waals surface area contributed by atoms with Crippen LogP contribution in [0, 0.1) is 0 Å². The molecule has 1 rings (SSSR count). The fourth-order valence-electron chi connectivity index (χ4n) is 3.69. The molecule has 0 aromatic heterocycles. The molecule has 0 saturated heterocycles. The number of hydrogen-bond donors (Lipinski definition) is 3. The molecule has 0 radical (unpaired) electrons. The van der Waals surface area contributed by atoms with Crippen LogP contribution in [0.4, 0.5) is 14.4 Å². The fraction of sp³-hybridized carbons (Fsp3) is 0.636. The van der Waals surface area contributed by atoms with E-state index in [1.165, 1.54) is 25.3 Å². The summed E-state index contributed by atoms with van der Waals surface area (Å²) >= 11 is 0. The zero-order valence-corrected chi connectivity index (χ0v) is 29.7. The minimum absolute atomic E-state index is 0.0706. The summed E-state index contributed by atoms with van der Waals surface area (Å²) in [5.74, 6) is -2.27. The number of nitrogens with one attached hydrogen (secondary N) is 3. The van der Waals surface area contributed by atoms with Crippen molar-refractivity contribution in [3.8, 4) is 11.5 Å². The van der Waals surface area contributed by atoms with Crippen LogP contribution in [0.25, 0.3) is 0 Å². The largest absolute Gasteiger partial charge is 0.467 e. The Balaban J connectivity index is 3.04. The summed E-state index contributed by atoms with van der Waals surface area (Å²) in [6.45, 7) is 15.7. The third kappa shape index (κ3) is 19.2. The smallest absolute Gasteiger partial charge is 0.408 e. The number of alkyl carbamates (subject to hydrolysis) is 3. The first-order chi connectivity index (χ1) is 22.1. The molecule has 0 saturated carbocycles. The summed E-state index contributed by atoms with van der Waals surface area (Å²) in [6.07, 6.45) is -1.88. The van der Waals surface area contributed by atoms with Gasteiger partial charge in [0, 0.05) is 32.4 Å². The van der Waals surface area contributed by atoms with Crippen LogP contribution in [0.3, 0.4) is 0 Å². The molecule has 0 aliphatic carbocycles. The van der Waals surface area contributed by atoms with Crippen molar-refractivity contribution < 1.29 is 57.2 Å². The predicted molar refractivity (Wildman–Crippen MR) is 174 cm³/mol. The summed E-state index contributed by atoms with van der Waals surface area (Å²) < 4.78 is 31.4. The highest BCUT2D eigenvalue weighted by atomic mass is 16.6. The average molecular weight is 682 g/mol. The quantitative estimate of drug-likeness (QED) is 0.106. The van der Waals surface area contributed by atoms with E-state index < -0.39 is 59.0 Å². The first kappa shape index (κ1) is 41.5. The molecule has 15 nitrogen and oxygen atoms in total. The van der Waals surface area contributed by atoms with Crippen LogP contribution in [0.15, 0.2) is 18.2 Å². The molecule has 0 spiro atoms. The van der Waals surface area contributed by atoms with Crippen LogP contribution in [0.1, 0.15) is 93.6 Å². The minimum atomic E-state index is -1.15. The third-order valence-electron chi connectivity index (χ3n) is 5.52. The average Bonchev–Trinajstić information content (AvgIpc) is 2.91. The van der Waals surface area contributed by atoms with E-state index in [4.69, 9.17) is 28.4 Å². The van der Waals surface area contributed by atoms with Crippen molar-refractivity contribution in [2.24, 2.45) is 0 Å². The number of rotatable bonds is 14. The number of carbonyl (C=O) groups is 6. The summed E-state index contributed by atoms with van der Waals surface area (Å²) in [4.78, 5) is 73.9. The second kappa shape index (κ2) is 18.7. The van der Waals surface area contributed by atoms with Gasteiger partial charge in [-0.15, -0.1) is 0 Å². The van der Waals surface area contributed by atoms with E-state index in [0.717, 1.165) is 0 Å². The summed E-state index contributed by atoms with van der Waals surface area (Å²) in [7, 11) is 1.17. The standard InChI is InChI=1S/C33H51N3O12/c1-31(2,3)46-28(40)34-17-11-13-25(37)44-23-16-15-21(19-22(27(39)43-10)36-30(42)48-33(7,8)9)20-24(23)45-26(38)14-12-18-35-29(41)47-32(4,5)6/h15-16,20,22H,11-14,17-19H2,1-10H3,(H,34,40)(H,35,41)(H,36,42). The van der Waals surface area contributed by atoms with Crippen LogP contribution in [0.2, 0.25) is 0 Å². The van der Waals surface area contributed by atoms with Crippen LogP contribution in [0.5, 0.6) is 11.5 Å². The van der Waals surface area contributed by atoms with Crippen molar-refractivity contribution >= 4 is 36.2 Å². The number of hydrogen-bond acceptors (Lipinski definition) is 12. The molecule has 1 atom stereocenters. The van der Waals surface area contributed by atoms with Gasteiger partial charge in [-0.25, -0.2) is 19.2 Å². The van der Waals surface area contributed by atoms with Crippen molar-refractivity contribution in [3.63, 3.8) is 0 Å². The fourth-order valence-corrected chi connectivity index (χ4v) is 3.69. The van der Waals surface area contributed by atoms with Gasteiger partial charge >= 0.3 is 36.2 Å². The Hall–Kier alpha value is -4.56. The van der Waals surface area contributed by atoms with Crippen molar-refractivity contribution in [2.45, 2.75) is 117 Å². The van der Waals surface area contributed by atoms with E-state index in [-0.39, 0.29) is 56.7 Å². The summed E-state index contributed by atoms with van der Waals surface area (Å²) in [5.41, 5.74) is -1.73. The van der Waals surface area contributed by atoms with E-state index in [1.807, 2.05) is 0 Å². The highest BCUT2D eigenvalue weighted by Crippen LogP contribution is 2.30. The highest BCUT2D eigenvalue weighted by molar-refractivity contribution is 5.82. The molecular weight excluding hydrogens is 630 g/mol. The van der Waals surface area contributed by atoms with E-state index in [9.17, 15) is 28.8 Å². The van der Waals surface area contributed by atoms with Crippen LogP contribution in [-0.4, -0.2) is 79.2 Å².